The summed E-state index contributed by atoms with van der Waals surface area (Å²) in [5.41, 5.74) is 1.80. The molecule has 1 unspecified atom stereocenters. The predicted molar refractivity (Wildman–Crippen MR) is 86.1 cm³/mol. The monoisotopic (exact) mass is 375 g/mol. The van der Waals surface area contributed by atoms with Gasteiger partial charge in [0.05, 0.1) is 4.47 Å². The van der Waals surface area contributed by atoms with Crippen LogP contribution in [0.5, 0.6) is 0 Å². The van der Waals surface area contributed by atoms with E-state index in [1.807, 2.05) is 19.2 Å². The van der Waals surface area contributed by atoms with Crippen LogP contribution in [0.1, 0.15) is 17.2 Å². The highest BCUT2D eigenvalue weighted by atomic mass is 79.9. The van der Waals surface area contributed by atoms with Gasteiger partial charge in [0.15, 0.2) is 0 Å². The van der Waals surface area contributed by atoms with E-state index in [1.165, 1.54) is 6.07 Å². The number of benzene rings is 2. The van der Waals surface area contributed by atoms with Crippen molar-refractivity contribution in [2.24, 2.45) is 0 Å². The van der Waals surface area contributed by atoms with Crippen LogP contribution in [0.2, 0.25) is 10.0 Å². The third-order valence-corrected chi connectivity index (χ3v) is 4.37. The first kappa shape index (κ1) is 15.8. The SMILES string of the molecule is CNC(Cc1cc(Cl)ccc1Cl)c1ccc(Br)c(F)c1. The van der Waals surface area contributed by atoms with Gasteiger partial charge in [0.25, 0.3) is 0 Å². The second-order valence-corrected chi connectivity index (χ2v) is 6.15. The Kier molecular flexibility index (Phi) is 5.44. The molecule has 1 N–H and O–H groups in total. The third-order valence-electron chi connectivity index (χ3n) is 3.13. The van der Waals surface area contributed by atoms with Crippen molar-refractivity contribution in [2.75, 3.05) is 7.05 Å². The van der Waals surface area contributed by atoms with E-state index in [0.717, 1.165) is 11.1 Å². The Morgan fingerprint density at radius 1 is 1.20 bits per heavy atom. The number of likely N-dealkylation sites (N-methyl/N-ethyl adjacent to an activating group) is 1. The summed E-state index contributed by atoms with van der Waals surface area (Å²) in [5, 5.41) is 4.48. The molecule has 0 aliphatic heterocycles. The fourth-order valence-electron chi connectivity index (χ4n) is 2.04. The first-order chi connectivity index (χ1) is 9.51. The van der Waals surface area contributed by atoms with E-state index in [2.05, 4.69) is 21.2 Å². The normalized spacial score (nSPS) is 12.4. The lowest BCUT2D eigenvalue weighted by atomic mass is 9.99. The van der Waals surface area contributed by atoms with E-state index < -0.39 is 0 Å². The smallest absolute Gasteiger partial charge is 0.137 e. The van der Waals surface area contributed by atoms with E-state index in [1.54, 1.807) is 18.2 Å². The maximum atomic E-state index is 13.6. The Morgan fingerprint density at radius 2 is 1.95 bits per heavy atom. The fourth-order valence-corrected chi connectivity index (χ4v) is 2.67. The van der Waals surface area contributed by atoms with Crippen LogP contribution in [0.25, 0.3) is 0 Å². The van der Waals surface area contributed by atoms with Gasteiger partial charge in [-0.1, -0.05) is 29.3 Å². The zero-order valence-corrected chi connectivity index (χ0v) is 13.9. The highest BCUT2D eigenvalue weighted by Crippen LogP contribution is 2.27. The molecule has 0 aliphatic rings. The third kappa shape index (κ3) is 3.73. The van der Waals surface area contributed by atoms with Crippen LogP contribution in [0.15, 0.2) is 40.9 Å². The van der Waals surface area contributed by atoms with Crippen molar-refractivity contribution in [2.45, 2.75) is 12.5 Å². The number of halogens is 4. The maximum absolute atomic E-state index is 13.6. The number of rotatable bonds is 4. The summed E-state index contributed by atoms with van der Waals surface area (Å²) in [7, 11) is 1.84. The minimum atomic E-state index is -0.278. The maximum Gasteiger partial charge on any atom is 0.137 e. The summed E-state index contributed by atoms with van der Waals surface area (Å²) >= 11 is 15.3. The molecule has 5 heteroatoms. The largest absolute Gasteiger partial charge is 0.313 e. The second kappa shape index (κ2) is 6.90. The van der Waals surface area contributed by atoms with Gasteiger partial charge >= 0.3 is 0 Å². The second-order valence-electron chi connectivity index (χ2n) is 4.45. The minimum absolute atomic E-state index is 0.0337. The molecular weight excluding hydrogens is 364 g/mol. The molecule has 2 rings (SSSR count). The summed E-state index contributed by atoms with van der Waals surface area (Å²) < 4.78 is 14.1. The Labute approximate surface area is 136 Å². The molecule has 20 heavy (non-hydrogen) atoms. The predicted octanol–water partition coefficient (Wildman–Crippen LogP) is 5.40. The van der Waals surface area contributed by atoms with Crippen molar-refractivity contribution >= 4 is 39.1 Å². The van der Waals surface area contributed by atoms with Crippen LogP contribution in [0.3, 0.4) is 0 Å². The van der Waals surface area contributed by atoms with Crippen molar-refractivity contribution in [1.29, 1.82) is 0 Å². The van der Waals surface area contributed by atoms with Gasteiger partial charge < -0.3 is 5.32 Å². The van der Waals surface area contributed by atoms with Gasteiger partial charge in [-0.2, -0.15) is 0 Å². The van der Waals surface area contributed by atoms with Crippen molar-refractivity contribution in [3.8, 4) is 0 Å². The lowest BCUT2D eigenvalue weighted by molar-refractivity contribution is 0.575. The summed E-state index contributed by atoms with van der Waals surface area (Å²) in [5.74, 6) is -0.278. The van der Waals surface area contributed by atoms with Gasteiger partial charge in [0, 0.05) is 16.1 Å². The molecule has 0 aliphatic carbocycles. The summed E-state index contributed by atoms with van der Waals surface area (Å²) in [6.45, 7) is 0. The molecule has 1 nitrogen and oxygen atoms in total. The Balaban J connectivity index is 2.28. The highest BCUT2D eigenvalue weighted by molar-refractivity contribution is 9.10. The first-order valence-corrected chi connectivity index (χ1v) is 7.62. The number of hydrogen-bond donors (Lipinski definition) is 1. The molecule has 106 valence electrons. The number of nitrogens with one attached hydrogen (secondary N) is 1. The molecule has 0 bridgehead atoms. The minimum Gasteiger partial charge on any atom is -0.313 e. The molecule has 2 aromatic rings. The van der Waals surface area contributed by atoms with Crippen molar-refractivity contribution in [1.82, 2.24) is 5.32 Å². The van der Waals surface area contributed by atoms with Crippen LogP contribution in [0, 0.1) is 5.82 Å². The van der Waals surface area contributed by atoms with Crippen molar-refractivity contribution in [3.05, 3.63) is 67.9 Å². The molecule has 0 fully saturated rings. The van der Waals surface area contributed by atoms with Crippen LogP contribution >= 0.6 is 39.1 Å². The zero-order valence-electron chi connectivity index (χ0n) is 10.8. The van der Waals surface area contributed by atoms with Gasteiger partial charge in [-0.25, -0.2) is 4.39 Å². The average molecular weight is 377 g/mol. The molecule has 0 heterocycles. The first-order valence-electron chi connectivity index (χ1n) is 6.07. The molecule has 2 aromatic carbocycles. The van der Waals surface area contributed by atoms with E-state index in [0.29, 0.717) is 20.9 Å². The summed E-state index contributed by atoms with van der Waals surface area (Å²) in [4.78, 5) is 0. The molecule has 0 saturated heterocycles. The fraction of sp³-hybridized carbons (Fsp3) is 0.200. The van der Waals surface area contributed by atoms with E-state index in [-0.39, 0.29) is 11.9 Å². The Bertz CT molecular complexity index is 619. The molecule has 0 radical (unpaired) electrons. The molecular formula is C15H13BrCl2FN. The molecule has 1 atom stereocenters. The lowest BCUT2D eigenvalue weighted by Crippen LogP contribution is -2.19. The summed E-state index contributed by atoms with van der Waals surface area (Å²) in [6.07, 6.45) is 0.636. The van der Waals surface area contributed by atoms with Crippen molar-refractivity contribution in [3.63, 3.8) is 0 Å². The Hall–Kier alpha value is -0.610. The van der Waals surface area contributed by atoms with Crippen LogP contribution < -0.4 is 5.32 Å². The molecule has 0 amide bonds. The average Bonchev–Trinajstić information content (AvgIpc) is 2.43. The van der Waals surface area contributed by atoms with Crippen LogP contribution in [0.4, 0.5) is 4.39 Å². The van der Waals surface area contributed by atoms with Gasteiger partial charge in [-0.05, 0) is 70.9 Å². The van der Waals surface area contributed by atoms with Crippen LogP contribution in [-0.4, -0.2) is 7.05 Å². The van der Waals surface area contributed by atoms with E-state index in [9.17, 15) is 4.39 Å². The Morgan fingerprint density at radius 3 is 2.60 bits per heavy atom. The van der Waals surface area contributed by atoms with Crippen LogP contribution in [-0.2, 0) is 6.42 Å². The molecule has 0 saturated carbocycles. The van der Waals surface area contributed by atoms with Gasteiger partial charge in [-0.3, -0.25) is 0 Å². The quantitative estimate of drug-likeness (QED) is 0.753. The summed E-state index contributed by atoms with van der Waals surface area (Å²) in [6, 6.07) is 10.4. The topological polar surface area (TPSA) is 12.0 Å². The zero-order chi connectivity index (χ0) is 14.7. The lowest BCUT2D eigenvalue weighted by Gasteiger charge is -2.18. The van der Waals surface area contributed by atoms with Gasteiger partial charge in [0.1, 0.15) is 5.82 Å². The van der Waals surface area contributed by atoms with E-state index >= 15 is 0 Å². The van der Waals surface area contributed by atoms with E-state index in [4.69, 9.17) is 23.2 Å². The van der Waals surface area contributed by atoms with Gasteiger partial charge in [-0.15, -0.1) is 0 Å². The van der Waals surface area contributed by atoms with Gasteiger partial charge in [0.2, 0.25) is 0 Å². The highest BCUT2D eigenvalue weighted by Gasteiger charge is 2.14. The number of hydrogen-bond acceptors (Lipinski definition) is 1. The molecule has 0 spiro atoms. The standard InChI is InChI=1S/C15H13BrCl2FN/c1-20-15(9-2-4-12(16)14(19)7-9)8-10-6-11(17)3-5-13(10)18/h2-7,15,20H,8H2,1H3. The molecule has 0 aromatic heterocycles. The van der Waals surface area contributed by atoms with Crippen molar-refractivity contribution < 1.29 is 4.39 Å².